The summed E-state index contributed by atoms with van der Waals surface area (Å²) in [7, 11) is 0. The van der Waals surface area contributed by atoms with Crippen LogP contribution in [0.5, 0.6) is 11.5 Å². The highest BCUT2D eigenvalue weighted by atomic mass is 35.5. The van der Waals surface area contributed by atoms with E-state index in [1.54, 1.807) is 12.1 Å². The predicted molar refractivity (Wildman–Crippen MR) is 109 cm³/mol. The van der Waals surface area contributed by atoms with Gasteiger partial charge in [-0.05, 0) is 24.3 Å². The molecule has 28 heavy (non-hydrogen) atoms. The summed E-state index contributed by atoms with van der Waals surface area (Å²) in [5.41, 5.74) is 3.35. The summed E-state index contributed by atoms with van der Waals surface area (Å²) in [5.74, 6) is 0.735. The van der Waals surface area contributed by atoms with Gasteiger partial charge in [0.15, 0.2) is 21.8 Å². The van der Waals surface area contributed by atoms with Crippen LogP contribution in [-0.2, 0) is 4.79 Å². The van der Waals surface area contributed by atoms with Crippen molar-refractivity contribution in [3.8, 4) is 11.5 Å². The molecule has 9 heteroatoms. The summed E-state index contributed by atoms with van der Waals surface area (Å²) in [5, 5.41) is 8.04. The molecule has 0 fully saturated rings. The molecule has 1 aliphatic heterocycles. The second-order valence-electron chi connectivity index (χ2n) is 5.76. The van der Waals surface area contributed by atoms with Gasteiger partial charge in [0.2, 0.25) is 6.10 Å². The summed E-state index contributed by atoms with van der Waals surface area (Å²) in [4.78, 5) is 17.1. The van der Waals surface area contributed by atoms with Crippen molar-refractivity contribution in [2.45, 2.75) is 6.10 Å². The van der Waals surface area contributed by atoms with Gasteiger partial charge in [-0.25, -0.2) is 10.4 Å². The first-order chi connectivity index (χ1) is 13.7. The van der Waals surface area contributed by atoms with Crippen molar-refractivity contribution in [2.24, 2.45) is 5.10 Å². The van der Waals surface area contributed by atoms with E-state index in [9.17, 15) is 4.79 Å². The maximum atomic E-state index is 12.2. The molecule has 2 heterocycles. The highest BCUT2D eigenvalue weighted by Gasteiger charge is 2.27. The number of nitrogens with zero attached hydrogens (tertiary/aromatic N) is 2. The molecule has 0 bridgehead atoms. The van der Waals surface area contributed by atoms with Crippen molar-refractivity contribution >= 4 is 45.9 Å². The molecule has 142 valence electrons. The maximum absolute atomic E-state index is 12.2. The van der Waals surface area contributed by atoms with Crippen molar-refractivity contribution in [3.63, 3.8) is 0 Å². The molecule has 3 aromatic rings. The Bertz CT molecular complexity index is 1010. The first-order valence-corrected chi connectivity index (χ1v) is 9.58. The number of anilines is 2. The SMILES string of the molecule is O=C(NN=Cc1sc(Nc2ccccc2)nc1Cl)C1COc2ccccc2O1. The minimum absolute atomic E-state index is 0.116. The van der Waals surface area contributed by atoms with Gasteiger partial charge in [-0.1, -0.05) is 53.3 Å². The Hall–Kier alpha value is -3.10. The number of rotatable bonds is 5. The smallest absolute Gasteiger partial charge is 0.284 e. The van der Waals surface area contributed by atoms with Gasteiger partial charge in [0, 0.05) is 5.69 Å². The second kappa shape index (κ2) is 8.28. The van der Waals surface area contributed by atoms with Crippen LogP contribution in [0.4, 0.5) is 10.8 Å². The Morgan fingerprint density at radius 1 is 1.18 bits per heavy atom. The lowest BCUT2D eigenvalue weighted by atomic mass is 10.2. The Labute approximate surface area is 170 Å². The van der Waals surface area contributed by atoms with Gasteiger partial charge in [-0.15, -0.1) is 0 Å². The third kappa shape index (κ3) is 4.24. The Morgan fingerprint density at radius 3 is 2.75 bits per heavy atom. The predicted octanol–water partition coefficient (Wildman–Crippen LogP) is 3.83. The van der Waals surface area contributed by atoms with Crippen molar-refractivity contribution in [1.82, 2.24) is 10.4 Å². The summed E-state index contributed by atoms with van der Waals surface area (Å²) in [6.45, 7) is 0.116. The fourth-order valence-electron chi connectivity index (χ4n) is 2.47. The number of amides is 1. The van der Waals surface area contributed by atoms with E-state index in [0.717, 1.165) is 5.69 Å². The first kappa shape index (κ1) is 18.3. The van der Waals surface area contributed by atoms with Crippen LogP contribution in [0.15, 0.2) is 59.7 Å². The molecule has 0 spiro atoms. The number of hydrazone groups is 1. The number of nitrogens with one attached hydrogen (secondary N) is 2. The third-order valence-electron chi connectivity index (χ3n) is 3.79. The van der Waals surface area contributed by atoms with Crippen molar-refractivity contribution in [3.05, 3.63) is 64.6 Å². The summed E-state index contributed by atoms with van der Waals surface area (Å²) in [6.07, 6.45) is 0.672. The van der Waals surface area contributed by atoms with E-state index in [4.69, 9.17) is 21.1 Å². The number of halogens is 1. The molecule has 1 unspecified atom stereocenters. The van der Waals surface area contributed by atoms with E-state index in [1.807, 2.05) is 42.5 Å². The van der Waals surface area contributed by atoms with Crippen LogP contribution in [0.1, 0.15) is 4.88 Å². The molecule has 1 atom stereocenters. The van der Waals surface area contributed by atoms with Crippen LogP contribution in [0.25, 0.3) is 0 Å². The number of hydrogen-bond acceptors (Lipinski definition) is 7. The second-order valence-corrected chi connectivity index (χ2v) is 7.15. The maximum Gasteiger partial charge on any atom is 0.284 e. The third-order valence-corrected chi connectivity index (χ3v) is 5.10. The van der Waals surface area contributed by atoms with E-state index < -0.39 is 12.0 Å². The van der Waals surface area contributed by atoms with Crippen molar-refractivity contribution in [1.29, 1.82) is 0 Å². The van der Waals surface area contributed by atoms with Gasteiger partial charge in [0.1, 0.15) is 6.61 Å². The van der Waals surface area contributed by atoms with Crippen LogP contribution in [0.2, 0.25) is 5.15 Å². The average molecular weight is 415 g/mol. The normalized spacial score (nSPS) is 15.4. The number of hydrogen-bond donors (Lipinski definition) is 2. The van der Waals surface area contributed by atoms with Crippen molar-refractivity contribution in [2.75, 3.05) is 11.9 Å². The highest BCUT2D eigenvalue weighted by Crippen LogP contribution is 2.31. The fourth-order valence-corrected chi connectivity index (χ4v) is 3.52. The number of para-hydroxylation sites is 3. The molecule has 0 saturated heterocycles. The monoisotopic (exact) mass is 414 g/mol. The lowest BCUT2D eigenvalue weighted by Gasteiger charge is -2.24. The van der Waals surface area contributed by atoms with Gasteiger partial charge in [-0.2, -0.15) is 5.10 Å². The molecule has 0 saturated carbocycles. The molecule has 1 amide bonds. The quantitative estimate of drug-likeness (QED) is 0.489. The zero-order chi connectivity index (χ0) is 19.3. The van der Waals surface area contributed by atoms with Crippen LogP contribution >= 0.6 is 22.9 Å². The zero-order valence-electron chi connectivity index (χ0n) is 14.5. The van der Waals surface area contributed by atoms with E-state index in [2.05, 4.69) is 20.8 Å². The molecule has 7 nitrogen and oxygen atoms in total. The fraction of sp³-hybridized carbons (Fsp3) is 0.105. The lowest BCUT2D eigenvalue weighted by molar-refractivity contribution is -0.130. The van der Waals surface area contributed by atoms with Crippen LogP contribution in [0.3, 0.4) is 0 Å². The largest absolute Gasteiger partial charge is 0.485 e. The van der Waals surface area contributed by atoms with E-state index in [-0.39, 0.29) is 6.61 Å². The zero-order valence-corrected chi connectivity index (χ0v) is 16.0. The van der Waals surface area contributed by atoms with E-state index in [0.29, 0.717) is 26.7 Å². The Kier molecular flexibility index (Phi) is 5.41. The highest BCUT2D eigenvalue weighted by molar-refractivity contribution is 7.17. The summed E-state index contributed by atoms with van der Waals surface area (Å²) < 4.78 is 11.2. The molecular weight excluding hydrogens is 400 g/mol. The molecule has 4 rings (SSSR count). The Morgan fingerprint density at radius 2 is 1.93 bits per heavy atom. The minimum Gasteiger partial charge on any atom is -0.485 e. The topological polar surface area (TPSA) is 84.8 Å². The van der Waals surface area contributed by atoms with Crippen LogP contribution in [-0.4, -0.2) is 29.8 Å². The van der Waals surface area contributed by atoms with E-state index in [1.165, 1.54) is 17.6 Å². The number of thiazole rings is 1. The molecule has 2 aromatic carbocycles. The number of aromatic nitrogens is 1. The van der Waals surface area contributed by atoms with Crippen LogP contribution < -0.4 is 20.2 Å². The molecule has 0 aliphatic carbocycles. The molecule has 1 aliphatic rings. The number of carbonyl (C=O) groups excluding carboxylic acids is 1. The van der Waals surface area contributed by atoms with Crippen LogP contribution in [0, 0.1) is 0 Å². The Balaban J connectivity index is 1.35. The van der Waals surface area contributed by atoms with Gasteiger partial charge >= 0.3 is 0 Å². The number of ether oxygens (including phenoxy) is 2. The number of fused-ring (bicyclic) bond motifs is 1. The summed E-state index contributed by atoms with van der Waals surface area (Å²) in [6, 6.07) is 16.8. The van der Waals surface area contributed by atoms with Gasteiger partial charge in [-0.3, -0.25) is 4.79 Å². The lowest BCUT2D eigenvalue weighted by Crippen LogP contribution is -2.42. The summed E-state index contributed by atoms with van der Waals surface area (Å²) >= 11 is 7.46. The molecular formula is C19H15ClN4O3S. The molecule has 1 aromatic heterocycles. The molecule has 2 N–H and O–H groups in total. The van der Waals surface area contributed by atoms with Gasteiger partial charge in [0.05, 0.1) is 11.1 Å². The van der Waals surface area contributed by atoms with Gasteiger partial charge in [0.25, 0.3) is 5.91 Å². The molecule has 0 radical (unpaired) electrons. The van der Waals surface area contributed by atoms with E-state index >= 15 is 0 Å². The average Bonchev–Trinajstić information content (AvgIpc) is 3.07. The number of carbonyl (C=O) groups is 1. The standard InChI is InChI=1S/C19H15ClN4O3S/c20-17-16(28-19(23-17)22-12-6-2-1-3-7-12)10-21-24-18(25)15-11-26-13-8-4-5-9-14(13)27-15/h1-10,15H,11H2,(H,22,23)(H,24,25). The minimum atomic E-state index is -0.778. The van der Waals surface area contributed by atoms with Crippen molar-refractivity contribution < 1.29 is 14.3 Å². The number of benzene rings is 2. The van der Waals surface area contributed by atoms with Gasteiger partial charge < -0.3 is 14.8 Å². The first-order valence-electron chi connectivity index (χ1n) is 8.39.